The van der Waals surface area contributed by atoms with E-state index in [1.165, 1.54) is 23.9 Å². The molecule has 20 heavy (non-hydrogen) atoms. The monoisotopic (exact) mass is 289 g/mol. The van der Waals surface area contributed by atoms with Crippen LogP contribution in [0.3, 0.4) is 0 Å². The van der Waals surface area contributed by atoms with Gasteiger partial charge in [-0.15, -0.1) is 0 Å². The molecule has 0 atom stereocenters. The van der Waals surface area contributed by atoms with Crippen LogP contribution in [0.4, 0.5) is 4.39 Å². The summed E-state index contributed by atoms with van der Waals surface area (Å²) < 4.78 is 18.6. The average Bonchev–Trinajstić information content (AvgIpc) is 3.10. The van der Waals surface area contributed by atoms with E-state index >= 15 is 0 Å². The lowest BCUT2D eigenvalue weighted by molar-refractivity contribution is 0.318. The molecule has 1 N–H and O–H groups in total. The normalized spacial score (nSPS) is 16.6. The second kappa shape index (κ2) is 5.54. The zero-order valence-corrected chi connectivity index (χ0v) is 11.4. The van der Waals surface area contributed by atoms with E-state index in [9.17, 15) is 4.39 Å². The Labute approximate surface area is 119 Å². The summed E-state index contributed by atoms with van der Waals surface area (Å²) in [7, 11) is 0. The Bertz CT molecular complexity index is 673. The van der Waals surface area contributed by atoms with Crippen molar-refractivity contribution in [1.82, 2.24) is 0 Å². The summed E-state index contributed by atoms with van der Waals surface area (Å²) in [4.78, 5) is 0.922. The van der Waals surface area contributed by atoms with Gasteiger partial charge in [-0.25, -0.2) is 4.39 Å². The van der Waals surface area contributed by atoms with E-state index in [4.69, 9.17) is 9.62 Å². The number of hydrogen-bond donors (Lipinski definition) is 1. The van der Waals surface area contributed by atoms with Gasteiger partial charge in [-0.1, -0.05) is 16.9 Å². The van der Waals surface area contributed by atoms with Crippen LogP contribution >= 0.6 is 11.8 Å². The highest BCUT2D eigenvalue weighted by atomic mass is 32.2. The van der Waals surface area contributed by atoms with Crippen molar-refractivity contribution in [3.05, 3.63) is 54.1 Å². The maximum Gasteiger partial charge on any atom is 0.165 e. The first-order valence-corrected chi connectivity index (χ1v) is 7.01. The van der Waals surface area contributed by atoms with E-state index in [-0.39, 0.29) is 5.82 Å². The van der Waals surface area contributed by atoms with E-state index in [0.29, 0.717) is 5.71 Å². The molecule has 0 spiro atoms. The van der Waals surface area contributed by atoms with Gasteiger partial charge in [-0.2, -0.15) is 0 Å². The van der Waals surface area contributed by atoms with Gasteiger partial charge in [0.2, 0.25) is 0 Å². The minimum atomic E-state index is -0.249. The van der Waals surface area contributed by atoms with Gasteiger partial charge in [0.15, 0.2) is 5.09 Å². The van der Waals surface area contributed by atoms with Crippen LogP contribution < -0.4 is 0 Å². The lowest BCUT2D eigenvalue weighted by Gasteiger charge is -1.98. The highest BCUT2D eigenvalue weighted by molar-refractivity contribution is 7.99. The minimum Gasteiger partial charge on any atom is -0.450 e. The molecule has 0 bridgehead atoms. The fraction of sp³-hybridized carbons (Fsp3) is 0.133. The van der Waals surface area contributed by atoms with Crippen molar-refractivity contribution >= 4 is 23.0 Å². The van der Waals surface area contributed by atoms with Crippen molar-refractivity contribution in [3.63, 3.8) is 0 Å². The number of allylic oxidation sites excluding steroid dienone is 2. The van der Waals surface area contributed by atoms with Crippen molar-refractivity contribution < 1.29 is 14.0 Å². The van der Waals surface area contributed by atoms with Gasteiger partial charge in [0.05, 0.1) is 5.71 Å². The van der Waals surface area contributed by atoms with Crippen molar-refractivity contribution in [3.8, 4) is 0 Å². The molecule has 0 aliphatic heterocycles. The molecule has 0 saturated heterocycles. The maximum absolute atomic E-state index is 12.8. The van der Waals surface area contributed by atoms with E-state index in [2.05, 4.69) is 5.16 Å². The highest BCUT2D eigenvalue weighted by Crippen LogP contribution is 2.34. The zero-order valence-electron chi connectivity index (χ0n) is 10.5. The molecule has 1 aromatic heterocycles. The molecule has 1 aliphatic rings. The van der Waals surface area contributed by atoms with Gasteiger partial charge in [0.25, 0.3) is 0 Å². The molecule has 0 saturated carbocycles. The summed E-state index contributed by atoms with van der Waals surface area (Å²) in [5.74, 6) is 0.537. The van der Waals surface area contributed by atoms with Gasteiger partial charge in [0, 0.05) is 4.90 Å². The number of rotatable bonds is 3. The van der Waals surface area contributed by atoms with Crippen LogP contribution in [-0.2, 0) is 0 Å². The van der Waals surface area contributed by atoms with Crippen molar-refractivity contribution in [2.24, 2.45) is 5.16 Å². The molecule has 1 heterocycles. The first-order valence-electron chi connectivity index (χ1n) is 6.20. The number of oxime groups is 1. The predicted molar refractivity (Wildman–Crippen MR) is 75.7 cm³/mol. The second-order valence-electron chi connectivity index (χ2n) is 4.44. The summed E-state index contributed by atoms with van der Waals surface area (Å²) in [5, 5.41) is 12.7. The largest absolute Gasteiger partial charge is 0.450 e. The quantitative estimate of drug-likeness (QED) is 0.664. The maximum atomic E-state index is 12.8. The number of halogens is 1. The summed E-state index contributed by atoms with van der Waals surface area (Å²) in [5.41, 5.74) is 1.70. The Hall–Kier alpha value is -2.01. The smallest absolute Gasteiger partial charge is 0.165 e. The minimum absolute atomic E-state index is 0.249. The number of furan rings is 1. The number of hydrogen-bond acceptors (Lipinski definition) is 4. The molecule has 0 amide bonds. The lowest BCUT2D eigenvalue weighted by Crippen LogP contribution is -1.83. The van der Waals surface area contributed by atoms with Gasteiger partial charge in [-0.3, -0.25) is 0 Å². The van der Waals surface area contributed by atoms with Crippen LogP contribution in [-0.4, -0.2) is 10.9 Å². The van der Waals surface area contributed by atoms with E-state index in [1.807, 2.05) is 18.2 Å². The van der Waals surface area contributed by atoms with Gasteiger partial charge in [0.1, 0.15) is 11.6 Å². The summed E-state index contributed by atoms with van der Waals surface area (Å²) in [6.07, 6.45) is 3.38. The second-order valence-corrected chi connectivity index (χ2v) is 5.51. The van der Waals surface area contributed by atoms with Crippen molar-refractivity contribution in [1.29, 1.82) is 0 Å². The lowest BCUT2D eigenvalue weighted by atomic mass is 10.2. The Balaban J connectivity index is 1.76. The van der Waals surface area contributed by atoms with E-state index in [1.54, 1.807) is 12.1 Å². The number of nitrogens with zero attached hydrogens (tertiary/aromatic N) is 1. The summed E-state index contributed by atoms with van der Waals surface area (Å²) in [6.45, 7) is 0. The molecule has 3 rings (SSSR count). The molecular weight excluding hydrogens is 277 g/mol. The Morgan fingerprint density at radius 2 is 1.90 bits per heavy atom. The average molecular weight is 289 g/mol. The topological polar surface area (TPSA) is 45.7 Å². The molecular formula is C15H12FNO2S. The molecule has 1 aliphatic carbocycles. The highest BCUT2D eigenvalue weighted by Gasteiger charge is 2.16. The molecule has 0 fully saturated rings. The van der Waals surface area contributed by atoms with Crippen LogP contribution in [0.2, 0.25) is 0 Å². The SMILES string of the molecule is ON=C1C=C(c2ccc(Sc3ccc(F)cc3)o2)CC1. The summed E-state index contributed by atoms with van der Waals surface area (Å²) >= 11 is 1.44. The van der Waals surface area contributed by atoms with Crippen LogP contribution in [0.15, 0.2) is 62.0 Å². The third-order valence-corrected chi connectivity index (χ3v) is 3.98. The molecule has 3 nitrogen and oxygen atoms in total. The first-order chi connectivity index (χ1) is 9.74. The molecule has 0 unspecified atom stereocenters. The summed E-state index contributed by atoms with van der Waals surface area (Å²) in [6, 6.07) is 10.1. The fourth-order valence-corrected chi connectivity index (χ4v) is 2.82. The van der Waals surface area contributed by atoms with Gasteiger partial charge in [-0.05, 0) is 60.9 Å². The van der Waals surface area contributed by atoms with E-state index < -0.39 is 0 Å². The third kappa shape index (κ3) is 2.77. The van der Waals surface area contributed by atoms with Crippen LogP contribution in [0.5, 0.6) is 0 Å². The van der Waals surface area contributed by atoms with Crippen molar-refractivity contribution in [2.75, 3.05) is 0 Å². The molecule has 5 heteroatoms. The third-order valence-electron chi connectivity index (χ3n) is 3.05. The Morgan fingerprint density at radius 3 is 2.60 bits per heavy atom. The Morgan fingerprint density at radius 1 is 1.10 bits per heavy atom. The molecule has 2 aromatic rings. The molecule has 1 aromatic carbocycles. The molecule has 102 valence electrons. The fourth-order valence-electron chi connectivity index (χ4n) is 2.05. The first kappa shape index (κ1) is 13.0. The van der Waals surface area contributed by atoms with E-state index in [0.717, 1.165) is 34.2 Å². The number of benzene rings is 1. The Kier molecular flexibility index (Phi) is 3.60. The molecule has 0 radical (unpaired) electrons. The van der Waals surface area contributed by atoms with Gasteiger partial charge < -0.3 is 9.62 Å². The zero-order chi connectivity index (χ0) is 13.9. The van der Waals surface area contributed by atoms with Crippen LogP contribution in [0.25, 0.3) is 5.57 Å². The predicted octanol–water partition coefficient (Wildman–Crippen LogP) is 4.58. The van der Waals surface area contributed by atoms with Crippen molar-refractivity contribution in [2.45, 2.75) is 22.8 Å². The van der Waals surface area contributed by atoms with Crippen LogP contribution in [0, 0.1) is 5.82 Å². The van der Waals surface area contributed by atoms with Gasteiger partial charge >= 0.3 is 0 Å². The van der Waals surface area contributed by atoms with Crippen LogP contribution in [0.1, 0.15) is 18.6 Å². The standard InChI is InChI=1S/C15H12FNO2S/c16-11-2-5-13(6-3-11)20-15-8-7-14(19-15)10-1-4-12(9-10)17-18/h2-3,5-9,18H,1,4H2.